The van der Waals surface area contributed by atoms with E-state index >= 15 is 0 Å². The molecule has 0 unspecified atom stereocenters. The second kappa shape index (κ2) is 7.97. The lowest BCUT2D eigenvalue weighted by Gasteiger charge is -2.11. The Bertz CT molecular complexity index is 941. The quantitative estimate of drug-likeness (QED) is 0.462. The molecule has 130 valence electrons. The highest BCUT2D eigenvalue weighted by Crippen LogP contribution is 2.29. The number of hydrogen-bond acceptors (Lipinski definition) is 1. The third kappa shape index (κ3) is 4.18. The highest BCUT2D eigenvalue weighted by atomic mass is 14.7. The molecule has 26 heavy (non-hydrogen) atoms. The van der Waals surface area contributed by atoms with Crippen LogP contribution in [0.5, 0.6) is 0 Å². The van der Waals surface area contributed by atoms with Crippen LogP contribution in [0.15, 0.2) is 84.5 Å². The molecule has 1 heterocycles. The first kappa shape index (κ1) is 17.9. The summed E-state index contributed by atoms with van der Waals surface area (Å²) >= 11 is 0. The SMILES string of the molecule is C/C=C(\C=C(C)C)c1cc(-c2ccc(C)cc2)cc(-c2ccccc2)n1. The van der Waals surface area contributed by atoms with Crippen LogP contribution in [0, 0.1) is 6.92 Å². The molecule has 0 aliphatic heterocycles. The minimum absolute atomic E-state index is 1.00. The van der Waals surface area contributed by atoms with Crippen molar-refractivity contribution in [3.8, 4) is 22.4 Å². The van der Waals surface area contributed by atoms with Crippen LogP contribution in [0.1, 0.15) is 32.0 Å². The second-order valence-electron chi connectivity index (χ2n) is 6.82. The zero-order chi connectivity index (χ0) is 18.5. The van der Waals surface area contributed by atoms with Gasteiger partial charge in [0.25, 0.3) is 0 Å². The van der Waals surface area contributed by atoms with E-state index in [1.807, 2.05) is 6.07 Å². The summed E-state index contributed by atoms with van der Waals surface area (Å²) in [5.74, 6) is 0. The van der Waals surface area contributed by atoms with E-state index in [4.69, 9.17) is 4.98 Å². The van der Waals surface area contributed by atoms with Crippen molar-refractivity contribution in [3.05, 3.63) is 95.7 Å². The Morgan fingerprint density at radius 1 is 0.808 bits per heavy atom. The standard InChI is InChI=1S/C25H25N/c1-5-20(15-18(2)3)24-16-23(21-13-11-19(4)12-14-21)17-25(26-24)22-9-7-6-8-10-22/h5-17H,1-4H3/b20-5+. The van der Waals surface area contributed by atoms with Crippen LogP contribution >= 0.6 is 0 Å². The summed E-state index contributed by atoms with van der Waals surface area (Å²) in [6.07, 6.45) is 4.32. The molecule has 0 atom stereocenters. The fraction of sp³-hybridized carbons (Fsp3) is 0.160. The van der Waals surface area contributed by atoms with Crippen molar-refractivity contribution in [2.24, 2.45) is 0 Å². The Morgan fingerprint density at radius 3 is 2.12 bits per heavy atom. The summed E-state index contributed by atoms with van der Waals surface area (Å²) in [6, 6.07) is 23.4. The van der Waals surface area contributed by atoms with Crippen molar-refractivity contribution in [1.29, 1.82) is 0 Å². The van der Waals surface area contributed by atoms with Crippen LogP contribution in [0.2, 0.25) is 0 Å². The van der Waals surface area contributed by atoms with Gasteiger partial charge in [0.05, 0.1) is 11.4 Å². The lowest BCUT2D eigenvalue weighted by atomic mass is 9.98. The van der Waals surface area contributed by atoms with Crippen molar-refractivity contribution in [2.45, 2.75) is 27.7 Å². The Labute approximate surface area is 156 Å². The van der Waals surface area contributed by atoms with E-state index in [0.717, 1.165) is 22.5 Å². The number of benzene rings is 2. The molecule has 0 N–H and O–H groups in total. The number of pyridine rings is 1. The summed E-state index contributed by atoms with van der Waals surface area (Å²) < 4.78 is 0. The lowest BCUT2D eigenvalue weighted by molar-refractivity contribution is 1.27. The molecule has 0 saturated heterocycles. The van der Waals surface area contributed by atoms with Gasteiger partial charge in [-0.2, -0.15) is 0 Å². The molecular formula is C25H25N. The molecule has 2 aromatic carbocycles. The van der Waals surface area contributed by atoms with Crippen molar-refractivity contribution in [1.82, 2.24) is 4.98 Å². The van der Waals surface area contributed by atoms with Gasteiger partial charge in [-0.05, 0) is 56.5 Å². The van der Waals surface area contributed by atoms with Gasteiger partial charge in [0.1, 0.15) is 0 Å². The van der Waals surface area contributed by atoms with E-state index in [-0.39, 0.29) is 0 Å². The van der Waals surface area contributed by atoms with Crippen molar-refractivity contribution >= 4 is 5.57 Å². The predicted molar refractivity (Wildman–Crippen MR) is 113 cm³/mol. The zero-order valence-corrected chi connectivity index (χ0v) is 16.0. The van der Waals surface area contributed by atoms with Crippen LogP contribution in [-0.2, 0) is 0 Å². The van der Waals surface area contributed by atoms with Crippen LogP contribution in [-0.4, -0.2) is 4.98 Å². The van der Waals surface area contributed by atoms with Gasteiger partial charge in [-0.15, -0.1) is 0 Å². The Kier molecular flexibility index (Phi) is 5.48. The molecule has 0 aliphatic rings. The summed E-state index contributed by atoms with van der Waals surface area (Å²) in [4.78, 5) is 4.96. The zero-order valence-electron chi connectivity index (χ0n) is 16.0. The van der Waals surface area contributed by atoms with E-state index in [1.165, 1.54) is 22.3 Å². The highest BCUT2D eigenvalue weighted by Gasteiger charge is 2.09. The smallest absolute Gasteiger partial charge is 0.0715 e. The first-order chi connectivity index (χ1) is 12.6. The average molecular weight is 339 g/mol. The minimum atomic E-state index is 1.00. The molecule has 1 nitrogen and oxygen atoms in total. The largest absolute Gasteiger partial charge is 0.248 e. The van der Waals surface area contributed by atoms with Gasteiger partial charge in [0.15, 0.2) is 0 Å². The number of rotatable bonds is 4. The monoisotopic (exact) mass is 339 g/mol. The van der Waals surface area contributed by atoms with E-state index in [1.54, 1.807) is 0 Å². The number of nitrogens with zero attached hydrogens (tertiary/aromatic N) is 1. The summed E-state index contributed by atoms with van der Waals surface area (Å²) in [6.45, 7) is 8.41. The number of aromatic nitrogens is 1. The van der Waals surface area contributed by atoms with Gasteiger partial charge >= 0.3 is 0 Å². The molecule has 1 heteroatoms. The summed E-state index contributed by atoms with van der Waals surface area (Å²) in [5.41, 5.74) is 9.23. The first-order valence-electron chi connectivity index (χ1n) is 9.03. The van der Waals surface area contributed by atoms with Gasteiger partial charge < -0.3 is 0 Å². The molecule has 3 aromatic rings. The molecule has 0 radical (unpaired) electrons. The maximum absolute atomic E-state index is 4.96. The van der Waals surface area contributed by atoms with Gasteiger partial charge in [-0.1, -0.05) is 77.9 Å². The van der Waals surface area contributed by atoms with Crippen LogP contribution in [0.25, 0.3) is 28.0 Å². The molecule has 0 bridgehead atoms. The molecule has 0 aliphatic carbocycles. The molecule has 1 aromatic heterocycles. The Morgan fingerprint density at radius 2 is 1.50 bits per heavy atom. The molecule has 0 saturated carbocycles. The average Bonchev–Trinajstić information content (AvgIpc) is 2.67. The van der Waals surface area contributed by atoms with Crippen LogP contribution < -0.4 is 0 Å². The van der Waals surface area contributed by atoms with Gasteiger partial charge in [-0.25, -0.2) is 4.98 Å². The lowest BCUT2D eigenvalue weighted by Crippen LogP contribution is -1.94. The van der Waals surface area contributed by atoms with Crippen molar-refractivity contribution in [3.63, 3.8) is 0 Å². The third-order valence-electron chi connectivity index (χ3n) is 4.33. The van der Waals surface area contributed by atoms with Gasteiger partial charge in [-0.3, -0.25) is 0 Å². The Balaban J connectivity index is 2.20. The van der Waals surface area contributed by atoms with Gasteiger partial charge in [0.2, 0.25) is 0 Å². The maximum atomic E-state index is 4.96. The Hall–Kier alpha value is -2.93. The predicted octanol–water partition coefficient (Wildman–Crippen LogP) is 7.09. The number of aryl methyl sites for hydroxylation is 1. The highest BCUT2D eigenvalue weighted by molar-refractivity contribution is 5.79. The fourth-order valence-corrected chi connectivity index (χ4v) is 2.96. The summed E-state index contributed by atoms with van der Waals surface area (Å²) in [5, 5.41) is 0. The number of allylic oxidation sites excluding steroid dienone is 4. The topological polar surface area (TPSA) is 12.9 Å². The van der Waals surface area contributed by atoms with E-state index in [0.29, 0.717) is 0 Å². The molecule has 3 rings (SSSR count). The van der Waals surface area contributed by atoms with E-state index < -0.39 is 0 Å². The normalized spacial score (nSPS) is 11.3. The van der Waals surface area contributed by atoms with E-state index in [2.05, 4.69) is 101 Å². The summed E-state index contributed by atoms with van der Waals surface area (Å²) in [7, 11) is 0. The first-order valence-corrected chi connectivity index (χ1v) is 9.03. The second-order valence-corrected chi connectivity index (χ2v) is 6.82. The van der Waals surface area contributed by atoms with Crippen molar-refractivity contribution in [2.75, 3.05) is 0 Å². The molecule has 0 spiro atoms. The van der Waals surface area contributed by atoms with Crippen molar-refractivity contribution < 1.29 is 0 Å². The van der Waals surface area contributed by atoms with E-state index in [9.17, 15) is 0 Å². The molecular weight excluding hydrogens is 314 g/mol. The molecule has 0 fully saturated rings. The van der Waals surface area contributed by atoms with Gasteiger partial charge in [0, 0.05) is 5.56 Å². The molecule has 0 amide bonds. The van der Waals surface area contributed by atoms with Crippen LogP contribution in [0.4, 0.5) is 0 Å². The van der Waals surface area contributed by atoms with Crippen LogP contribution in [0.3, 0.4) is 0 Å². The maximum Gasteiger partial charge on any atom is 0.0715 e. The third-order valence-corrected chi connectivity index (χ3v) is 4.33. The minimum Gasteiger partial charge on any atom is -0.248 e. The fourth-order valence-electron chi connectivity index (χ4n) is 2.96. The number of hydrogen-bond donors (Lipinski definition) is 0.